The van der Waals surface area contributed by atoms with E-state index >= 15 is 0 Å². The molecule has 27 heavy (non-hydrogen) atoms. The summed E-state index contributed by atoms with van der Waals surface area (Å²) in [6.07, 6.45) is 4.19. The first kappa shape index (κ1) is 20.2. The molecule has 0 radical (unpaired) electrons. The van der Waals surface area contributed by atoms with Crippen LogP contribution in [0.1, 0.15) is 38.3 Å². The van der Waals surface area contributed by atoms with Gasteiger partial charge in [-0.3, -0.25) is 0 Å². The van der Waals surface area contributed by atoms with E-state index < -0.39 is 0 Å². The summed E-state index contributed by atoms with van der Waals surface area (Å²) in [6.45, 7) is 7.24. The van der Waals surface area contributed by atoms with Gasteiger partial charge in [0.1, 0.15) is 0 Å². The zero-order valence-electron chi connectivity index (χ0n) is 15.6. The summed E-state index contributed by atoms with van der Waals surface area (Å²) in [5.41, 5.74) is 4.55. The van der Waals surface area contributed by atoms with Crippen LogP contribution in [0.4, 0.5) is 11.6 Å². The van der Waals surface area contributed by atoms with Crippen LogP contribution in [0.25, 0.3) is 11.2 Å². The van der Waals surface area contributed by atoms with Crippen LogP contribution < -0.4 is 16.0 Å². The summed E-state index contributed by atoms with van der Waals surface area (Å²) < 4.78 is 2.27. The van der Waals surface area contributed by atoms with Crippen molar-refractivity contribution in [1.29, 1.82) is 0 Å². The van der Waals surface area contributed by atoms with Crippen LogP contribution in [0, 0.1) is 0 Å². The molecule has 0 amide bonds. The van der Waals surface area contributed by atoms with Gasteiger partial charge < -0.3 is 25.9 Å². The standard InChI is InChI=1S/C12H16Br2N2.C7H10N4/c1-2-4-15-11-3-5-16-12-9(11)6-8(13)7-10(12)14;1-2-8-7-10-5-3-4-9-6(5)11-7/h6-7,11,15-16H,2-5H2,1H3;3-4,9H,2H2,1H3,(H2,8,10,11). The van der Waals surface area contributed by atoms with E-state index in [1.54, 1.807) is 0 Å². The molecule has 6 nitrogen and oxygen atoms in total. The van der Waals surface area contributed by atoms with Gasteiger partial charge in [0, 0.05) is 34.3 Å². The Labute approximate surface area is 176 Å². The molecule has 1 aromatic carbocycles. The van der Waals surface area contributed by atoms with E-state index in [4.69, 9.17) is 0 Å². The van der Waals surface area contributed by atoms with Crippen molar-refractivity contribution < 1.29 is 0 Å². The van der Waals surface area contributed by atoms with Crippen LogP contribution in [0.3, 0.4) is 0 Å². The third-order valence-corrected chi connectivity index (χ3v) is 5.47. The molecule has 146 valence electrons. The number of aromatic nitrogens is 3. The van der Waals surface area contributed by atoms with E-state index in [9.17, 15) is 0 Å². The predicted molar refractivity (Wildman–Crippen MR) is 121 cm³/mol. The number of rotatable bonds is 5. The summed E-state index contributed by atoms with van der Waals surface area (Å²) in [4.78, 5) is 10.4. The summed E-state index contributed by atoms with van der Waals surface area (Å²) in [5, 5.41) is 10.2. The summed E-state index contributed by atoms with van der Waals surface area (Å²) in [5.74, 6) is 0.828. The van der Waals surface area contributed by atoms with Crippen molar-refractivity contribution in [2.75, 3.05) is 30.3 Å². The second-order valence-corrected chi connectivity index (χ2v) is 8.20. The number of nitrogens with one attached hydrogen (secondary N) is 5. The van der Waals surface area contributed by atoms with Crippen molar-refractivity contribution in [3.05, 3.63) is 38.9 Å². The average molecular weight is 498 g/mol. The van der Waals surface area contributed by atoms with Crippen LogP contribution in [0.15, 0.2) is 33.3 Å². The number of H-pyrrole nitrogens is 2. The molecule has 1 aliphatic heterocycles. The average Bonchev–Trinajstić information content (AvgIpc) is 3.22. The van der Waals surface area contributed by atoms with Crippen LogP contribution in [0.2, 0.25) is 0 Å². The fourth-order valence-corrected chi connectivity index (χ4v) is 4.55. The molecule has 5 N–H and O–H groups in total. The predicted octanol–water partition coefficient (Wildman–Crippen LogP) is 5.39. The topological polar surface area (TPSA) is 80.6 Å². The van der Waals surface area contributed by atoms with Gasteiger partial charge in [-0.25, -0.2) is 0 Å². The van der Waals surface area contributed by atoms with E-state index in [1.165, 1.54) is 17.7 Å². The Morgan fingerprint density at radius 1 is 1.26 bits per heavy atom. The summed E-state index contributed by atoms with van der Waals surface area (Å²) in [6, 6.07) is 6.74. The minimum absolute atomic E-state index is 0.477. The highest BCUT2D eigenvalue weighted by atomic mass is 79.9. The van der Waals surface area contributed by atoms with E-state index in [0.29, 0.717) is 6.04 Å². The monoisotopic (exact) mass is 496 g/mol. The first-order valence-corrected chi connectivity index (χ1v) is 10.9. The lowest BCUT2D eigenvalue weighted by atomic mass is 9.98. The first-order chi connectivity index (χ1) is 13.1. The molecule has 1 atom stereocenters. The van der Waals surface area contributed by atoms with Crippen LogP contribution in [0.5, 0.6) is 0 Å². The van der Waals surface area contributed by atoms with Gasteiger partial charge in [-0.1, -0.05) is 22.9 Å². The Balaban J connectivity index is 0.000000166. The third kappa shape index (κ3) is 5.06. The largest absolute Gasteiger partial charge is 0.384 e. The molecule has 8 heteroatoms. The minimum Gasteiger partial charge on any atom is -0.384 e. The maximum atomic E-state index is 4.24. The molecule has 0 bridgehead atoms. The van der Waals surface area contributed by atoms with Crippen molar-refractivity contribution in [1.82, 2.24) is 20.3 Å². The number of hydrogen-bond donors (Lipinski definition) is 5. The minimum atomic E-state index is 0.477. The zero-order chi connectivity index (χ0) is 19.2. The van der Waals surface area contributed by atoms with Crippen LogP contribution in [-0.4, -0.2) is 34.6 Å². The lowest BCUT2D eigenvalue weighted by Crippen LogP contribution is -2.29. The summed E-state index contributed by atoms with van der Waals surface area (Å²) >= 11 is 7.16. The molecule has 0 saturated carbocycles. The second-order valence-electron chi connectivity index (χ2n) is 6.43. The molecule has 4 rings (SSSR count). The SMILES string of the molecule is CCCNC1CCNc2c(Br)cc(Br)cc21.CCNc1nc2[nH]ccc2[nH]1. The van der Waals surface area contributed by atoms with Crippen LogP contribution in [-0.2, 0) is 0 Å². The number of fused-ring (bicyclic) bond motifs is 2. The fraction of sp³-hybridized carbons (Fsp3) is 0.421. The molecular weight excluding hydrogens is 472 g/mol. The lowest BCUT2D eigenvalue weighted by molar-refractivity contribution is 0.500. The molecule has 2 aromatic heterocycles. The first-order valence-electron chi connectivity index (χ1n) is 9.35. The number of nitrogens with zero attached hydrogens (tertiary/aromatic N) is 1. The molecule has 0 spiro atoms. The molecule has 3 aromatic rings. The second kappa shape index (κ2) is 9.61. The van der Waals surface area contributed by atoms with Gasteiger partial charge in [0.05, 0.1) is 11.2 Å². The zero-order valence-corrected chi connectivity index (χ0v) is 18.8. The maximum absolute atomic E-state index is 4.24. The number of aromatic amines is 2. The Morgan fingerprint density at radius 3 is 2.85 bits per heavy atom. The van der Waals surface area contributed by atoms with Crippen molar-refractivity contribution in [3.8, 4) is 0 Å². The number of benzene rings is 1. The van der Waals surface area contributed by atoms with E-state index in [1.807, 2.05) is 19.2 Å². The number of anilines is 2. The quantitative estimate of drug-likeness (QED) is 0.327. The van der Waals surface area contributed by atoms with E-state index in [-0.39, 0.29) is 0 Å². The van der Waals surface area contributed by atoms with Crippen LogP contribution >= 0.6 is 31.9 Å². The molecule has 1 unspecified atom stereocenters. The maximum Gasteiger partial charge on any atom is 0.202 e. The van der Waals surface area contributed by atoms with E-state index in [0.717, 1.165) is 52.1 Å². The van der Waals surface area contributed by atoms with Crippen molar-refractivity contribution in [3.63, 3.8) is 0 Å². The third-order valence-electron chi connectivity index (χ3n) is 4.38. The smallest absolute Gasteiger partial charge is 0.202 e. The Hall–Kier alpha value is -1.51. The highest BCUT2D eigenvalue weighted by Crippen LogP contribution is 2.37. The molecular formula is C19H26Br2N6. The molecule has 3 heterocycles. The number of halogens is 2. The number of hydrogen-bond acceptors (Lipinski definition) is 4. The van der Waals surface area contributed by atoms with Gasteiger partial charge in [-0.15, -0.1) is 0 Å². The molecule has 0 fully saturated rings. The van der Waals surface area contributed by atoms with Crippen molar-refractivity contribution in [2.24, 2.45) is 0 Å². The number of imidazole rings is 1. The Bertz CT molecular complexity index is 844. The van der Waals surface area contributed by atoms with Gasteiger partial charge in [-0.2, -0.15) is 4.98 Å². The highest BCUT2D eigenvalue weighted by Gasteiger charge is 2.21. The molecule has 0 saturated heterocycles. The molecule has 0 aliphatic carbocycles. The van der Waals surface area contributed by atoms with Gasteiger partial charge in [0.25, 0.3) is 0 Å². The highest BCUT2D eigenvalue weighted by molar-refractivity contribution is 9.11. The molecule has 1 aliphatic rings. The van der Waals surface area contributed by atoms with Crippen molar-refractivity contribution >= 4 is 54.7 Å². The van der Waals surface area contributed by atoms with E-state index in [2.05, 4.69) is 81.8 Å². The fourth-order valence-electron chi connectivity index (χ4n) is 3.15. The van der Waals surface area contributed by atoms with Gasteiger partial charge in [-0.05, 0) is 66.0 Å². The van der Waals surface area contributed by atoms with Gasteiger partial charge in [0.15, 0.2) is 5.65 Å². The van der Waals surface area contributed by atoms with Gasteiger partial charge in [0.2, 0.25) is 5.95 Å². The Morgan fingerprint density at radius 2 is 2.11 bits per heavy atom. The van der Waals surface area contributed by atoms with Gasteiger partial charge >= 0.3 is 0 Å². The van der Waals surface area contributed by atoms with Crippen molar-refractivity contribution in [2.45, 2.75) is 32.7 Å². The summed E-state index contributed by atoms with van der Waals surface area (Å²) in [7, 11) is 0. The Kier molecular flexibility index (Phi) is 7.20. The lowest BCUT2D eigenvalue weighted by Gasteiger charge is -2.28. The normalized spacial score (nSPS) is 15.6.